The number of amides is 2. The Bertz CT molecular complexity index is 829. The van der Waals surface area contributed by atoms with E-state index in [0.717, 1.165) is 41.5 Å². The van der Waals surface area contributed by atoms with E-state index < -0.39 is 0 Å². The van der Waals surface area contributed by atoms with Crippen molar-refractivity contribution in [2.24, 2.45) is 0 Å². The molecule has 6 nitrogen and oxygen atoms in total. The maximum Gasteiger partial charge on any atom is 0.321 e. The Kier molecular flexibility index (Phi) is 4.32. The summed E-state index contributed by atoms with van der Waals surface area (Å²) in [7, 11) is 0. The maximum atomic E-state index is 12.6. The number of urea groups is 1. The largest absolute Gasteiger partial charge is 0.454 e. The van der Waals surface area contributed by atoms with E-state index in [9.17, 15) is 4.79 Å². The topological polar surface area (TPSA) is 54.0 Å². The van der Waals surface area contributed by atoms with Crippen molar-refractivity contribution in [3.63, 3.8) is 0 Å². The summed E-state index contributed by atoms with van der Waals surface area (Å²) < 4.78 is 10.8. The molecule has 2 aromatic carbocycles. The lowest BCUT2D eigenvalue weighted by Gasteiger charge is -2.36. The first kappa shape index (κ1) is 16.6. The SMILES string of the molecule is Cc1cccc(NC(=O)N2CCN(c3ccc4c(c3)OCO4)CC2)c1C. The van der Waals surface area contributed by atoms with Gasteiger partial charge in [-0.25, -0.2) is 4.79 Å². The van der Waals surface area contributed by atoms with E-state index in [1.807, 2.05) is 42.2 Å². The summed E-state index contributed by atoms with van der Waals surface area (Å²) in [4.78, 5) is 16.7. The van der Waals surface area contributed by atoms with Gasteiger partial charge in [-0.2, -0.15) is 0 Å². The zero-order valence-electron chi connectivity index (χ0n) is 15.1. The Morgan fingerprint density at radius 2 is 1.77 bits per heavy atom. The second kappa shape index (κ2) is 6.78. The van der Waals surface area contributed by atoms with Gasteiger partial charge in [-0.3, -0.25) is 0 Å². The summed E-state index contributed by atoms with van der Waals surface area (Å²) in [6.07, 6.45) is 0. The molecule has 1 saturated heterocycles. The van der Waals surface area contributed by atoms with Crippen molar-refractivity contribution in [2.45, 2.75) is 13.8 Å². The van der Waals surface area contributed by atoms with Crippen LogP contribution in [0.3, 0.4) is 0 Å². The fraction of sp³-hybridized carbons (Fsp3) is 0.350. The number of nitrogens with zero attached hydrogens (tertiary/aromatic N) is 2. The number of carbonyl (C=O) groups excluding carboxylic acids is 1. The molecule has 4 rings (SSSR count). The predicted octanol–water partition coefficient (Wildman–Crippen LogP) is 3.39. The van der Waals surface area contributed by atoms with Crippen molar-refractivity contribution in [3.8, 4) is 11.5 Å². The molecule has 0 spiro atoms. The molecular formula is C20H23N3O3. The minimum Gasteiger partial charge on any atom is -0.454 e. The van der Waals surface area contributed by atoms with Crippen LogP contribution in [0.15, 0.2) is 36.4 Å². The van der Waals surface area contributed by atoms with Gasteiger partial charge in [-0.05, 0) is 43.2 Å². The molecule has 2 aliphatic rings. The number of hydrogen-bond donors (Lipinski definition) is 1. The van der Waals surface area contributed by atoms with Crippen molar-refractivity contribution in [1.82, 2.24) is 4.90 Å². The summed E-state index contributed by atoms with van der Waals surface area (Å²) in [5.41, 5.74) is 4.27. The molecule has 0 atom stereocenters. The molecule has 0 saturated carbocycles. The van der Waals surface area contributed by atoms with E-state index in [2.05, 4.69) is 23.2 Å². The third-order valence-electron chi connectivity index (χ3n) is 5.13. The van der Waals surface area contributed by atoms with Crippen LogP contribution in [0.2, 0.25) is 0 Å². The van der Waals surface area contributed by atoms with Gasteiger partial charge in [0.1, 0.15) is 0 Å². The van der Waals surface area contributed by atoms with Gasteiger partial charge in [0.05, 0.1) is 0 Å². The lowest BCUT2D eigenvalue weighted by Crippen LogP contribution is -2.50. The van der Waals surface area contributed by atoms with Gasteiger partial charge in [-0.15, -0.1) is 0 Å². The molecule has 0 bridgehead atoms. The summed E-state index contributed by atoms with van der Waals surface area (Å²) in [5, 5.41) is 3.04. The van der Waals surface area contributed by atoms with E-state index in [0.29, 0.717) is 13.1 Å². The quantitative estimate of drug-likeness (QED) is 0.899. The fourth-order valence-electron chi connectivity index (χ4n) is 3.33. The zero-order valence-corrected chi connectivity index (χ0v) is 15.1. The summed E-state index contributed by atoms with van der Waals surface area (Å²) in [6.45, 7) is 7.32. The first-order chi connectivity index (χ1) is 12.6. The van der Waals surface area contributed by atoms with E-state index in [1.54, 1.807) is 0 Å². The summed E-state index contributed by atoms with van der Waals surface area (Å²) >= 11 is 0. The molecule has 1 fully saturated rings. The molecule has 0 radical (unpaired) electrons. The normalized spacial score (nSPS) is 15.9. The van der Waals surface area contributed by atoms with E-state index in [-0.39, 0.29) is 12.8 Å². The third-order valence-corrected chi connectivity index (χ3v) is 5.13. The molecule has 2 amide bonds. The highest BCUT2D eigenvalue weighted by molar-refractivity contribution is 5.90. The number of nitrogens with one attached hydrogen (secondary N) is 1. The predicted molar refractivity (Wildman–Crippen MR) is 101 cm³/mol. The van der Waals surface area contributed by atoms with Crippen LogP contribution in [-0.2, 0) is 0 Å². The molecule has 6 heteroatoms. The van der Waals surface area contributed by atoms with Crippen molar-refractivity contribution in [1.29, 1.82) is 0 Å². The number of anilines is 2. The molecule has 2 aromatic rings. The number of rotatable bonds is 2. The lowest BCUT2D eigenvalue weighted by atomic mass is 10.1. The van der Waals surface area contributed by atoms with Crippen LogP contribution in [0.5, 0.6) is 11.5 Å². The monoisotopic (exact) mass is 353 g/mol. The molecule has 0 aromatic heterocycles. The Morgan fingerprint density at radius 1 is 1.00 bits per heavy atom. The van der Waals surface area contributed by atoms with E-state index in [1.165, 1.54) is 5.56 Å². The first-order valence-corrected chi connectivity index (χ1v) is 8.88. The Labute approximate surface area is 153 Å². The average Bonchev–Trinajstić information content (AvgIpc) is 3.13. The molecule has 2 heterocycles. The minimum atomic E-state index is -0.0379. The number of fused-ring (bicyclic) bond motifs is 1. The smallest absolute Gasteiger partial charge is 0.321 e. The Hall–Kier alpha value is -2.89. The Morgan fingerprint density at radius 3 is 2.58 bits per heavy atom. The van der Waals surface area contributed by atoms with Crippen molar-refractivity contribution in [3.05, 3.63) is 47.5 Å². The number of carbonyl (C=O) groups is 1. The molecule has 0 unspecified atom stereocenters. The van der Waals surface area contributed by atoms with Gasteiger partial charge in [0, 0.05) is 43.6 Å². The highest BCUT2D eigenvalue weighted by Crippen LogP contribution is 2.35. The van der Waals surface area contributed by atoms with Crippen LogP contribution in [0.25, 0.3) is 0 Å². The highest BCUT2D eigenvalue weighted by atomic mass is 16.7. The molecule has 136 valence electrons. The van der Waals surface area contributed by atoms with Crippen LogP contribution in [0.4, 0.5) is 16.2 Å². The van der Waals surface area contributed by atoms with Gasteiger partial charge in [0.2, 0.25) is 6.79 Å². The van der Waals surface area contributed by atoms with Crippen molar-refractivity contribution >= 4 is 17.4 Å². The third kappa shape index (κ3) is 3.14. The van der Waals surface area contributed by atoms with Crippen molar-refractivity contribution in [2.75, 3.05) is 43.2 Å². The number of benzene rings is 2. The van der Waals surface area contributed by atoms with Gasteiger partial charge < -0.3 is 24.6 Å². The Balaban J connectivity index is 1.37. The minimum absolute atomic E-state index is 0.0379. The van der Waals surface area contributed by atoms with E-state index in [4.69, 9.17) is 9.47 Å². The molecule has 1 N–H and O–H groups in total. The molecular weight excluding hydrogens is 330 g/mol. The van der Waals surface area contributed by atoms with Gasteiger partial charge in [0.25, 0.3) is 0 Å². The highest BCUT2D eigenvalue weighted by Gasteiger charge is 2.23. The van der Waals surface area contributed by atoms with Crippen LogP contribution in [0, 0.1) is 13.8 Å². The van der Waals surface area contributed by atoms with Gasteiger partial charge in [0.15, 0.2) is 11.5 Å². The van der Waals surface area contributed by atoms with Crippen molar-refractivity contribution < 1.29 is 14.3 Å². The van der Waals surface area contributed by atoms with E-state index >= 15 is 0 Å². The average molecular weight is 353 g/mol. The molecule has 2 aliphatic heterocycles. The van der Waals surface area contributed by atoms with Gasteiger partial charge in [-0.1, -0.05) is 12.1 Å². The lowest BCUT2D eigenvalue weighted by molar-refractivity contribution is 0.174. The second-order valence-corrected chi connectivity index (χ2v) is 6.69. The van der Waals surface area contributed by atoms with Gasteiger partial charge >= 0.3 is 6.03 Å². The molecule has 0 aliphatic carbocycles. The number of piperazine rings is 1. The van der Waals surface area contributed by atoms with Crippen LogP contribution >= 0.6 is 0 Å². The van der Waals surface area contributed by atoms with Crippen LogP contribution in [-0.4, -0.2) is 43.9 Å². The standard InChI is InChI=1S/C20H23N3O3/c1-14-4-3-5-17(15(14)2)21-20(24)23-10-8-22(9-11-23)16-6-7-18-19(12-16)26-13-25-18/h3-7,12H,8-11,13H2,1-2H3,(H,21,24). The first-order valence-electron chi connectivity index (χ1n) is 8.88. The number of ether oxygens (including phenoxy) is 2. The number of aryl methyl sites for hydroxylation is 1. The van der Waals surface area contributed by atoms with Crippen LogP contribution < -0.4 is 19.7 Å². The number of hydrogen-bond acceptors (Lipinski definition) is 4. The fourth-order valence-corrected chi connectivity index (χ4v) is 3.33. The zero-order chi connectivity index (χ0) is 18.1. The molecule has 26 heavy (non-hydrogen) atoms. The summed E-state index contributed by atoms with van der Waals surface area (Å²) in [6, 6.07) is 11.9. The maximum absolute atomic E-state index is 12.6. The summed E-state index contributed by atoms with van der Waals surface area (Å²) in [5.74, 6) is 1.58. The van der Waals surface area contributed by atoms with Crippen LogP contribution in [0.1, 0.15) is 11.1 Å². The second-order valence-electron chi connectivity index (χ2n) is 6.69.